The molecule has 1 aliphatic rings. The molecule has 8 nitrogen and oxygen atoms in total. The van der Waals surface area contributed by atoms with E-state index in [0.717, 1.165) is 5.56 Å². The monoisotopic (exact) mass is 425 g/mol. The van der Waals surface area contributed by atoms with Crippen molar-refractivity contribution in [1.82, 2.24) is 5.16 Å². The topological polar surface area (TPSA) is 111 Å². The van der Waals surface area contributed by atoms with Crippen LogP contribution in [-0.2, 0) is 16.0 Å². The third-order valence-electron chi connectivity index (χ3n) is 4.51. The van der Waals surface area contributed by atoms with E-state index < -0.39 is 11.9 Å². The van der Waals surface area contributed by atoms with Crippen molar-refractivity contribution in [3.63, 3.8) is 0 Å². The molecule has 2 heterocycles. The molecule has 0 saturated heterocycles. The first kappa shape index (κ1) is 19.7. The Morgan fingerprint density at radius 2 is 2.00 bits per heavy atom. The van der Waals surface area contributed by atoms with Gasteiger partial charge in [0.05, 0.1) is 13.0 Å². The standard InChI is InChI=1S/C21H16ClN3O5/c1-2-29-21(28)17-18(11-3-6-14(22)7-4-11)25-30-20(17)24-19(27)12-5-8-15-13(9-12)10-16(26)23-15/h3-9H,2,10H2,1H3,(H,23,26)(H,24,27). The maximum Gasteiger partial charge on any atom is 0.346 e. The van der Waals surface area contributed by atoms with Gasteiger partial charge < -0.3 is 14.6 Å². The normalized spacial score (nSPS) is 12.3. The van der Waals surface area contributed by atoms with Gasteiger partial charge in [-0.3, -0.25) is 14.9 Å². The fourth-order valence-electron chi connectivity index (χ4n) is 3.12. The van der Waals surface area contributed by atoms with E-state index in [1.807, 2.05) is 0 Å². The van der Waals surface area contributed by atoms with Crippen molar-refractivity contribution in [2.45, 2.75) is 13.3 Å². The second-order valence-corrected chi connectivity index (χ2v) is 6.95. The Bertz CT molecular complexity index is 1150. The summed E-state index contributed by atoms with van der Waals surface area (Å²) in [5, 5.41) is 9.75. The van der Waals surface area contributed by atoms with Crippen LogP contribution in [0, 0.1) is 0 Å². The van der Waals surface area contributed by atoms with Crippen LogP contribution >= 0.6 is 11.6 Å². The first-order valence-corrected chi connectivity index (χ1v) is 9.51. The third kappa shape index (κ3) is 3.77. The van der Waals surface area contributed by atoms with E-state index in [-0.39, 0.29) is 36.1 Å². The molecule has 30 heavy (non-hydrogen) atoms. The molecule has 0 aliphatic carbocycles. The van der Waals surface area contributed by atoms with Crippen LogP contribution in [0.15, 0.2) is 47.0 Å². The van der Waals surface area contributed by atoms with Gasteiger partial charge in [0.25, 0.3) is 5.91 Å². The summed E-state index contributed by atoms with van der Waals surface area (Å²) in [6, 6.07) is 11.5. The van der Waals surface area contributed by atoms with Gasteiger partial charge in [0.1, 0.15) is 5.69 Å². The quantitative estimate of drug-likeness (QED) is 0.599. The Morgan fingerprint density at radius 3 is 2.73 bits per heavy atom. The molecule has 9 heteroatoms. The number of hydrogen-bond acceptors (Lipinski definition) is 6. The lowest BCUT2D eigenvalue weighted by molar-refractivity contribution is -0.115. The number of fused-ring (bicyclic) bond motifs is 1. The number of carbonyl (C=O) groups is 3. The number of rotatable bonds is 5. The van der Waals surface area contributed by atoms with Gasteiger partial charge in [-0.25, -0.2) is 4.79 Å². The van der Waals surface area contributed by atoms with Gasteiger partial charge in [-0.1, -0.05) is 28.9 Å². The maximum absolute atomic E-state index is 12.7. The lowest BCUT2D eigenvalue weighted by Crippen LogP contribution is -2.15. The van der Waals surface area contributed by atoms with Gasteiger partial charge in [-0.2, -0.15) is 0 Å². The number of carbonyl (C=O) groups excluding carboxylic acids is 3. The highest BCUT2D eigenvalue weighted by Crippen LogP contribution is 2.31. The summed E-state index contributed by atoms with van der Waals surface area (Å²) in [5.74, 6) is -1.45. The second-order valence-electron chi connectivity index (χ2n) is 6.51. The average molecular weight is 426 g/mol. The second kappa shape index (κ2) is 8.00. The van der Waals surface area contributed by atoms with Crippen LogP contribution in [-0.4, -0.2) is 29.5 Å². The number of nitrogens with one attached hydrogen (secondary N) is 2. The Labute approximate surface area is 176 Å². The molecule has 0 unspecified atom stereocenters. The van der Waals surface area contributed by atoms with Crippen LogP contribution in [0.2, 0.25) is 5.02 Å². The third-order valence-corrected chi connectivity index (χ3v) is 4.76. The molecule has 0 bridgehead atoms. The number of halogens is 1. The summed E-state index contributed by atoms with van der Waals surface area (Å²) >= 11 is 5.92. The number of nitrogens with zero attached hydrogens (tertiary/aromatic N) is 1. The summed E-state index contributed by atoms with van der Waals surface area (Å²) in [6.45, 7) is 1.81. The summed E-state index contributed by atoms with van der Waals surface area (Å²) in [6.07, 6.45) is 0.202. The van der Waals surface area contributed by atoms with E-state index in [0.29, 0.717) is 21.8 Å². The van der Waals surface area contributed by atoms with Gasteiger partial charge in [0.15, 0.2) is 5.56 Å². The highest BCUT2D eigenvalue weighted by Gasteiger charge is 2.27. The fourth-order valence-corrected chi connectivity index (χ4v) is 3.24. The number of hydrogen-bond donors (Lipinski definition) is 2. The van der Waals surface area contributed by atoms with Crippen molar-refractivity contribution in [2.75, 3.05) is 17.2 Å². The number of aromatic nitrogens is 1. The molecule has 0 fully saturated rings. The lowest BCUT2D eigenvalue weighted by Gasteiger charge is -2.07. The number of anilines is 2. The zero-order valence-electron chi connectivity index (χ0n) is 15.8. The minimum absolute atomic E-state index is 0.00512. The molecule has 152 valence electrons. The zero-order chi connectivity index (χ0) is 21.3. The smallest absolute Gasteiger partial charge is 0.346 e. The molecule has 2 amide bonds. The average Bonchev–Trinajstić information content (AvgIpc) is 3.30. The van der Waals surface area contributed by atoms with Gasteiger partial charge in [-0.05, 0) is 42.8 Å². The number of ether oxygens (including phenoxy) is 1. The molecule has 1 aliphatic heterocycles. The summed E-state index contributed by atoms with van der Waals surface area (Å²) in [4.78, 5) is 36.8. The number of benzene rings is 2. The van der Waals surface area contributed by atoms with E-state index in [1.165, 1.54) is 0 Å². The van der Waals surface area contributed by atoms with E-state index in [4.69, 9.17) is 20.9 Å². The first-order chi connectivity index (χ1) is 14.5. The molecule has 0 spiro atoms. The van der Waals surface area contributed by atoms with Crippen molar-refractivity contribution in [3.05, 3.63) is 64.2 Å². The predicted molar refractivity (Wildman–Crippen MR) is 110 cm³/mol. The van der Waals surface area contributed by atoms with Crippen LogP contribution < -0.4 is 10.6 Å². The Balaban J connectivity index is 1.66. The summed E-state index contributed by atoms with van der Waals surface area (Å²) < 4.78 is 10.4. The molecule has 1 aromatic heterocycles. The maximum atomic E-state index is 12.7. The highest BCUT2D eigenvalue weighted by molar-refractivity contribution is 6.30. The van der Waals surface area contributed by atoms with Crippen molar-refractivity contribution < 1.29 is 23.6 Å². The number of amides is 2. The highest BCUT2D eigenvalue weighted by atomic mass is 35.5. The minimum atomic E-state index is -0.678. The molecule has 2 aromatic carbocycles. The van der Waals surface area contributed by atoms with E-state index in [1.54, 1.807) is 49.4 Å². The van der Waals surface area contributed by atoms with Gasteiger partial charge in [0.2, 0.25) is 11.8 Å². The van der Waals surface area contributed by atoms with Crippen molar-refractivity contribution in [2.24, 2.45) is 0 Å². The molecule has 0 radical (unpaired) electrons. The predicted octanol–water partition coefficient (Wildman–Crippen LogP) is 3.92. The minimum Gasteiger partial charge on any atom is -0.462 e. The summed E-state index contributed by atoms with van der Waals surface area (Å²) in [5.41, 5.74) is 2.51. The van der Waals surface area contributed by atoms with Gasteiger partial charge in [0, 0.05) is 21.8 Å². The van der Waals surface area contributed by atoms with Crippen LogP contribution in [0.1, 0.15) is 33.2 Å². The van der Waals surface area contributed by atoms with Gasteiger partial charge >= 0.3 is 5.97 Å². The lowest BCUT2D eigenvalue weighted by atomic mass is 10.1. The van der Waals surface area contributed by atoms with Gasteiger partial charge in [-0.15, -0.1) is 0 Å². The molecule has 0 saturated carbocycles. The van der Waals surface area contributed by atoms with Crippen molar-refractivity contribution in [1.29, 1.82) is 0 Å². The molecule has 3 aromatic rings. The van der Waals surface area contributed by atoms with E-state index >= 15 is 0 Å². The van der Waals surface area contributed by atoms with Crippen molar-refractivity contribution in [3.8, 4) is 11.3 Å². The van der Waals surface area contributed by atoms with Crippen molar-refractivity contribution >= 4 is 41.0 Å². The van der Waals surface area contributed by atoms with Crippen LogP contribution in [0.4, 0.5) is 11.6 Å². The van der Waals surface area contributed by atoms with Crippen LogP contribution in [0.25, 0.3) is 11.3 Å². The van der Waals surface area contributed by atoms with Crippen LogP contribution in [0.5, 0.6) is 0 Å². The number of esters is 1. The molecule has 2 N–H and O–H groups in total. The molecular formula is C21H16ClN3O5. The Kier molecular flexibility index (Phi) is 5.24. The summed E-state index contributed by atoms with van der Waals surface area (Å²) in [7, 11) is 0. The molecular weight excluding hydrogens is 410 g/mol. The van der Waals surface area contributed by atoms with E-state index in [9.17, 15) is 14.4 Å². The molecule has 4 rings (SSSR count). The molecule has 0 atom stereocenters. The Hall–Kier alpha value is -3.65. The zero-order valence-corrected chi connectivity index (χ0v) is 16.6. The Morgan fingerprint density at radius 1 is 1.23 bits per heavy atom. The largest absolute Gasteiger partial charge is 0.462 e. The fraction of sp³-hybridized carbons (Fsp3) is 0.143. The SMILES string of the molecule is CCOC(=O)c1c(-c2ccc(Cl)cc2)noc1NC(=O)c1ccc2c(c1)CC(=O)N2. The first-order valence-electron chi connectivity index (χ1n) is 9.13. The van der Waals surface area contributed by atoms with Crippen LogP contribution in [0.3, 0.4) is 0 Å². The van der Waals surface area contributed by atoms with E-state index in [2.05, 4.69) is 15.8 Å².